The van der Waals surface area contributed by atoms with Gasteiger partial charge in [-0.25, -0.2) is 0 Å². The normalized spacial score (nSPS) is 12.5. The van der Waals surface area contributed by atoms with E-state index in [2.05, 4.69) is 45.2 Å². The summed E-state index contributed by atoms with van der Waals surface area (Å²) in [5.74, 6) is 0. The maximum absolute atomic E-state index is 14.1. The molecule has 0 fully saturated rings. The van der Waals surface area contributed by atoms with Gasteiger partial charge in [0, 0.05) is 0 Å². The molecule has 33 heavy (non-hydrogen) atoms. The summed E-state index contributed by atoms with van der Waals surface area (Å²) < 4.78 is 35.0. The van der Waals surface area contributed by atoms with Gasteiger partial charge in [-0.3, -0.25) is 0 Å². The zero-order valence-electron chi connectivity index (χ0n) is 20.6. The number of hydrogen-bond acceptors (Lipinski definition) is 3. The molecule has 3 rings (SSSR count). The van der Waals surface area contributed by atoms with E-state index < -0.39 is 28.4 Å². The van der Waals surface area contributed by atoms with Crippen LogP contribution in [0.25, 0.3) is 10.9 Å². The van der Waals surface area contributed by atoms with Gasteiger partial charge in [-0.05, 0) is 0 Å². The minimum absolute atomic E-state index is 0.388. The third-order valence-corrected chi connectivity index (χ3v) is 25.1. The van der Waals surface area contributed by atoms with Crippen LogP contribution in [-0.4, -0.2) is 37.0 Å². The fraction of sp³-hybridized carbons (Fsp3) is 0.481. The van der Waals surface area contributed by atoms with Crippen LogP contribution in [0.2, 0.25) is 13.3 Å². The summed E-state index contributed by atoms with van der Waals surface area (Å²) >= 11 is -1.33. The molecule has 0 unspecified atom stereocenters. The SMILES string of the molecule is CCC[CH2][Sn]([CH2]CCC)([CH2]CCC)[c]1cc2cc(SC)ccc2n1S(=O)(=O)c1ccccc1. The number of hydrogen-bond donors (Lipinski definition) is 0. The first kappa shape index (κ1) is 26.7. The predicted octanol–water partition coefficient (Wildman–Crippen LogP) is 7.66. The second kappa shape index (κ2) is 12.2. The second-order valence-electron chi connectivity index (χ2n) is 9.13. The van der Waals surface area contributed by atoms with Crippen LogP contribution in [0.3, 0.4) is 0 Å². The van der Waals surface area contributed by atoms with Gasteiger partial charge in [-0.2, -0.15) is 0 Å². The molecule has 3 aromatic rings. The van der Waals surface area contributed by atoms with Gasteiger partial charge in [0.05, 0.1) is 0 Å². The van der Waals surface area contributed by atoms with E-state index in [1.807, 2.05) is 24.3 Å². The van der Waals surface area contributed by atoms with Crippen LogP contribution >= 0.6 is 11.8 Å². The summed E-state index contributed by atoms with van der Waals surface area (Å²) in [5, 5.41) is 1.07. The number of aromatic nitrogens is 1. The van der Waals surface area contributed by atoms with Gasteiger partial charge < -0.3 is 0 Å². The topological polar surface area (TPSA) is 39.1 Å². The van der Waals surface area contributed by atoms with Gasteiger partial charge in [-0.15, -0.1) is 0 Å². The Morgan fingerprint density at radius 2 is 1.39 bits per heavy atom. The molecule has 180 valence electrons. The molecule has 1 aromatic heterocycles. The molecule has 0 radical (unpaired) electrons. The van der Waals surface area contributed by atoms with Crippen LogP contribution in [0.5, 0.6) is 0 Å². The molecular weight excluding hydrogens is 553 g/mol. The summed E-state index contributed by atoms with van der Waals surface area (Å²) in [6.45, 7) is 6.78. The van der Waals surface area contributed by atoms with Crippen molar-refractivity contribution in [1.82, 2.24) is 3.97 Å². The van der Waals surface area contributed by atoms with E-state index in [1.54, 1.807) is 27.9 Å². The molecule has 6 heteroatoms. The Kier molecular flexibility index (Phi) is 9.83. The van der Waals surface area contributed by atoms with E-state index >= 15 is 0 Å². The second-order valence-corrected chi connectivity index (χ2v) is 24.8. The summed E-state index contributed by atoms with van der Waals surface area (Å²) in [6.07, 6.45) is 9.18. The Hall–Kier alpha value is -0.921. The van der Waals surface area contributed by atoms with Gasteiger partial charge in [0.2, 0.25) is 0 Å². The number of unbranched alkanes of at least 4 members (excludes halogenated alkanes) is 3. The fourth-order valence-corrected chi connectivity index (χ4v) is 25.2. The van der Waals surface area contributed by atoms with Crippen molar-refractivity contribution >= 4 is 54.8 Å². The van der Waals surface area contributed by atoms with Gasteiger partial charge in [0.1, 0.15) is 0 Å². The molecule has 0 aliphatic heterocycles. The molecule has 0 bridgehead atoms. The van der Waals surface area contributed by atoms with Crippen molar-refractivity contribution in [2.45, 2.75) is 82.4 Å². The van der Waals surface area contributed by atoms with Gasteiger partial charge in [0.25, 0.3) is 0 Å². The Morgan fingerprint density at radius 3 is 1.91 bits per heavy atom. The average molecular weight is 592 g/mol. The zero-order chi connectivity index (χ0) is 23.9. The van der Waals surface area contributed by atoms with Gasteiger partial charge in [0.15, 0.2) is 0 Å². The molecule has 0 spiro atoms. The quantitative estimate of drug-likeness (QED) is 0.151. The summed E-state index contributed by atoms with van der Waals surface area (Å²) in [4.78, 5) is 1.57. The monoisotopic (exact) mass is 593 g/mol. The van der Waals surface area contributed by atoms with Crippen LogP contribution in [0.15, 0.2) is 64.4 Å². The molecule has 0 saturated heterocycles. The van der Waals surface area contributed by atoms with E-state index in [0.29, 0.717) is 4.90 Å². The molecule has 1 heterocycles. The van der Waals surface area contributed by atoms with Gasteiger partial charge in [-0.1, -0.05) is 0 Å². The summed E-state index contributed by atoms with van der Waals surface area (Å²) in [7, 11) is -3.67. The first-order valence-electron chi connectivity index (χ1n) is 12.4. The number of rotatable bonds is 13. The van der Waals surface area contributed by atoms with Gasteiger partial charge >= 0.3 is 210 Å². The van der Waals surface area contributed by atoms with E-state index in [4.69, 9.17) is 0 Å². The number of nitrogens with zero attached hydrogens (tertiary/aromatic N) is 1. The minimum atomic E-state index is -3.67. The summed E-state index contributed by atoms with van der Waals surface area (Å²) in [5.41, 5.74) is 0.845. The van der Waals surface area contributed by atoms with E-state index in [-0.39, 0.29) is 0 Å². The van der Waals surface area contributed by atoms with Crippen molar-refractivity contribution in [2.75, 3.05) is 6.26 Å². The maximum atomic E-state index is 14.1. The average Bonchev–Trinajstić information content (AvgIpc) is 3.24. The third-order valence-electron chi connectivity index (χ3n) is 6.82. The van der Waals surface area contributed by atoms with E-state index in [9.17, 15) is 8.42 Å². The van der Waals surface area contributed by atoms with Crippen LogP contribution in [-0.2, 0) is 10.0 Å². The predicted molar refractivity (Wildman–Crippen MR) is 147 cm³/mol. The van der Waals surface area contributed by atoms with Crippen LogP contribution in [0.4, 0.5) is 0 Å². The molecular formula is C27H39NO2S2Sn. The zero-order valence-corrected chi connectivity index (χ0v) is 25.1. The molecule has 0 aliphatic rings. The number of thioether (sulfide) groups is 1. The van der Waals surface area contributed by atoms with Crippen LogP contribution in [0.1, 0.15) is 59.3 Å². The van der Waals surface area contributed by atoms with Crippen molar-refractivity contribution in [3.05, 3.63) is 54.6 Å². The Labute approximate surface area is 209 Å². The number of benzene rings is 2. The fourth-order valence-electron chi connectivity index (χ4n) is 4.93. The van der Waals surface area contributed by atoms with Crippen molar-refractivity contribution < 1.29 is 8.42 Å². The molecule has 0 atom stereocenters. The molecule has 0 amide bonds. The summed E-state index contributed by atoms with van der Waals surface area (Å²) in [6, 6.07) is 17.6. The third kappa shape index (κ3) is 5.84. The first-order chi connectivity index (χ1) is 15.9. The molecule has 0 aliphatic carbocycles. The standard InChI is InChI=1S/C15H12NO2S2.3C4H9.Sn/c1-19-13-7-8-15-12(11-13)9-10-16(15)20(17,18)14-5-3-2-4-6-14;3*1-3-4-2;/h2-9,11H,1H3;3*1,3-4H2,2H3;. The molecule has 0 N–H and O–H groups in total. The van der Waals surface area contributed by atoms with Crippen molar-refractivity contribution in [3.63, 3.8) is 0 Å². The van der Waals surface area contributed by atoms with E-state index in [0.717, 1.165) is 10.9 Å². The molecule has 0 saturated carbocycles. The molecule has 2 aromatic carbocycles. The molecule has 3 nitrogen and oxygen atoms in total. The Morgan fingerprint density at radius 1 is 0.818 bits per heavy atom. The van der Waals surface area contributed by atoms with Crippen molar-refractivity contribution in [1.29, 1.82) is 0 Å². The van der Waals surface area contributed by atoms with E-state index in [1.165, 1.54) is 60.4 Å². The van der Waals surface area contributed by atoms with Crippen LogP contribution in [0, 0.1) is 0 Å². The number of fused-ring (bicyclic) bond motifs is 1. The van der Waals surface area contributed by atoms with Crippen molar-refractivity contribution in [3.8, 4) is 0 Å². The van der Waals surface area contributed by atoms with Crippen LogP contribution < -0.4 is 3.71 Å². The first-order valence-corrected chi connectivity index (χ1v) is 22.6. The van der Waals surface area contributed by atoms with Crippen molar-refractivity contribution in [2.24, 2.45) is 0 Å². The Bertz CT molecular complexity index is 1120. The Balaban J connectivity index is 2.35.